The van der Waals surface area contributed by atoms with Crippen LogP contribution < -0.4 is 5.32 Å². The first-order chi connectivity index (χ1) is 9.74. The molecule has 1 fully saturated rings. The number of fused-ring (bicyclic) bond motifs is 1. The van der Waals surface area contributed by atoms with E-state index in [9.17, 15) is 4.79 Å². The molecule has 0 radical (unpaired) electrons. The zero-order valence-electron chi connectivity index (χ0n) is 12.3. The SMILES string of the molecule is CN(CC1CCCCC1)C(=O)c1ccc2c(c1)CCN2. The first-order valence-corrected chi connectivity index (χ1v) is 7.86. The fourth-order valence-electron chi connectivity index (χ4n) is 3.50. The molecular weight excluding hydrogens is 248 g/mol. The maximum atomic E-state index is 12.5. The molecule has 1 aromatic rings. The minimum atomic E-state index is 0.172. The number of nitrogens with zero attached hydrogens (tertiary/aromatic N) is 1. The molecular formula is C17H24N2O. The molecule has 3 heteroatoms. The van der Waals surface area contributed by atoms with E-state index in [1.165, 1.54) is 43.4 Å². The number of anilines is 1. The van der Waals surface area contributed by atoms with Crippen LogP contribution in [0, 0.1) is 5.92 Å². The van der Waals surface area contributed by atoms with Gasteiger partial charge >= 0.3 is 0 Å². The lowest BCUT2D eigenvalue weighted by Gasteiger charge is -2.27. The van der Waals surface area contributed by atoms with E-state index in [0.717, 1.165) is 25.1 Å². The summed E-state index contributed by atoms with van der Waals surface area (Å²) in [7, 11) is 1.95. The Morgan fingerprint density at radius 1 is 1.30 bits per heavy atom. The van der Waals surface area contributed by atoms with Gasteiger partial charge in [0, 0.05) is 31.4 Å². The van der Waals surface area contributed by atoms with Gasteiger partial charge in [-0.3, -0.25) is 4.79 Å². The van der Waals surface area contributed by atoms with Crippen molar-refractivity contribution in [2.75, 3.05) is 25.5 Å². The molecule has 0 spiro atoms. The third-order valence-corrected chi connectivity index (χ3v) is 4.67. The molecule has 2 aliphatic rings. The van der Waals surface area contributed by atoms with Crippen molar-refractivity contribution in [3.8, 4) is 0 Å². The smallest absolute Gasteiger partial charge is 0.253 e. The highest BCUT2D eigenvalue weighted by molar-refractivity contribution is 5.94. The third kappa shape index (κ3) is 2.82. The van der Waals surface area contributed by atoms with Crippen LogP contribution in [0.15, 0.2) is 18.2 Å². The van der Waals surface area contributed by atoms with Crippen LogP contribution in [-0.2, 0) is 6.42 Å². The van der Waals surface area contributed by atoms with Gasteiger partial charge in [-0.1, -0.05) is 19.3 Å². The van der Waals surface area contributed by atoms with E-state index in [4.69, 9.17) is 0 Å². The van der Waals surface area contributed by atoms with E-state index in [1.807, 2.05) is 24.1 Å². The molecule has 108 valence electrons. The third-order valence-electron chi connectivity index (χ3n) is 4.67. The van der Waals surface area contributed by atoms with E-state index >= 15 is 0 Å². The van der Waals surface area contributed by atoms with Crippen molar-refractivity contribution in [1.82, 2.24) is 4.90 Å². The Labute approximate surface area is 121 Å². The van der Waals surface area contributed by atoms with Crippen molar-refractivity contribution in [1.29, 1.82) is 0 Å². The van der Waals surface area contributed by atoms with Crippen LogP contribution in [0.4, 0.5) is 5.69 Å². The summed E-state index contributed by atoms with van der Waals surface area (Å²) < 4.78 is 0. The summed E-state index contributed by atoms with van der Waals surface area (Å²) in [5.74, 6) is 0.874. The standard InChI is InChI=1S/C17H24N2O/c1-19(12-13-5-3-2-4-6-13)17(20)15-7-8-16-14(11-15)9-10-18-16/h7-8,11,13,18H,2-6,9-10,12H2,1H3. The summed E-state index contributed by atoms with van der Waals surface area (Å²) in [4.78, 5) is 14.4. The van der Waals surface area contributed by atoms with Gasteiger partial charge in [-0.15, -0.1) is 0 Å². The van der Waals surface area contributed by atoms with Gasteiger partial charge in [-0.05, 0) is 48.9 Å². The minimum absolute atomic E-state index is 0.172. The molecule has 0 bridgehead atoms. The van der Waals surface area contributed by atoms with Gasteiger partial charge < -0.3 is 10.2 Å². The predicted molar refractivity (Wildman–Crippen MR) is 82.2 cm³/mol. The highest BCUT2D eigenvalue weighted by Gasteiger charge is 2.20. The molecule has 1 aliphatic carbocycles. The number of rotatable bonds is 3. The molecule has 1 amide bonds. The predicted octanol–water partition coefficient (Wildman–Crippen LogP) is 3.31. The van der Waals surface area contributed by atoms with Gasteiger partial charge in [0.1, 0.15) is 0 Å². The first kappa shape index (κ1) is 13.5. The van der Waals surface area contributed by atoms with Gasteiger partial charge in [0.25, 0.3) is 5.91 Å². The maximum Gasteiger partial charge on any atom is 0.253 e. The summed E-state index contributed by atoms with van der Waals surface area (Å²) in [6.45, 7) is 1.90. The lowest BCUT2D eigenvalue weighted by atomic mass is 9.89. The summed E-state index contributed by atoms with van der Waals surface area (Å²) in [5.41, 5.74) is 3.31. The number of carbonyl (C=O) groups excluding carboxylic acids is 1. The molecule has 1 N–H and O–H groups in total. The fourth-order valence-corrected chi connectivity index (χ4v) is 3.50. The van der Waals surface area contributed by atoms with Crippen LogP contribution >= 0.6 is 0 Å². The summed E-state index contributed by atoms with van der Waals surface area (Å²) >= 11 is 0. The minimum Gasteiger partial charge on any atom is -0.384 e. The molecule has 1 saturated carbocycles. The zero-order valence-corrected chi connectivity index (χ0v) is 12.3. The van der Waals surface area contributed by atoms with E-state index in [0.29, 0.717) is 5.92 Å². The number of nitrogens with one attached hydrogen (secondary N) is 1. The highest BCUT2D eigenvalue weighted by Crippen LogP contribution is 2.26. The number of benzene rings is 1. The van der Waals surface area contributed by atoms with Crippen molar-refractivity contribution >= 4 is 11.6 Å². The number of carbonyl (C=O) groups is 1. The van der Waals surface area contributed by atoms with Crippen LogP contribution in [0.1, 0.15) is 48.0 Å². The molecule has 3 rings (SSSR count). The quantitative estimate of drug-likeness (QED) is 0.915. The molecule has 0 saturated heterocycles. The molecule has 3 nitrogen and oxygen atoms in total. The largest absolute Gasteiger partial charge is 0.384 e. The van der Waals surface area contributed by atoms with E-state index in [1.54, 1.807) is 0 Å². The van der Waals surface area contributed by atoms with Gasteiger partial charge in [0.05, 0.1) is 0 Å². The Bertz CT molecular complexity index is 492. The molecule has 20 heavy (non-hydrogen) atoms. The second kappa shape index (κ2) is 5.86. The van der Waals surface area contributed by atoms with E-state index < -0.39 is 0 Å². The van der Waals surface area contributed by atoms with Gasteiger partial charge in [-0.2, -0.15) is 0 Å². The molecule has 0 unspecified atom stereocenters. The molecule has 0 atom stereocenters. The average Bonchev–Trinajstić information content (AvgIpc) is 2.94. The van der Waals surface area contributed by atoms with Crippen molar-refractivity contribution in [3.63, 3.8) is 0 Å². The lowest BCUT2D eigenvalue weighted by molar-refractivity contribution is 0.0760. The summed E-state index contributed by atoms with van der Waals surface area (Å²) in [6.07, 6.45) is 7.63. The van der Waals surface area contributed by atoms with Gasteiger partial charge in [-0.25, -0.2) is 0 Å². The summed E-state index contributed by atoms with van der Waals surface area (Å²) in [6, 6.07) is 6.07. The van der Waals surface area contributed by atoms with E-state index in [2.05, 4.69) is 11.4 Å². The first-order valence-electron chi connectivity index (χ1n) is 7.86. The Balaban J connectivity index is 1.65. The Kier molecular flexibility index (Phi) is 3.95. The van der Waals surface area contributed by atoms with Crippen molar-refractivity contribution in [2.24, 2.45) is 5.92 Å². The second-order valence-corrected chi connectivity index (χ2v) is 6.24. The van der Waals surface area contributed by atoms with Crippen molar-refractivity contribution < 1.29 is 4.79 Å². The zero-order chi connectivity index (χ0) is 13.9. The Morgan fingerprint density at radius 2 is 2.10 bits per heavy atom. The normalized spacial score (nSPS) is 18.4. The number of amides is 1. The topological polar surface area (TPSA) is 32.3 Å². The lowest BCUT2D eigenvalue weighted by Crippen LogP contribution is -2.32. The van der Waals surface area contributed by atoms with Crippen LogP contribution in [0.3, 0.4) is 0 Å². The highest BCUT2D eigenvalue weighted by atomic mass is 16.2. The number of hydrogen-bond donors (Lipinski definition) is 1. The van der Waals surface area contributed by atoms with Crippen LogP contribution in [-0.4, -0.2) is 30.9 Å². The molecule has 1 aliphatic heterocycles. The van der Waals surface area contributed by atoms with Gasteiger partial charge in [0.2, 0.25) is 0 Å². The van der Waals surface area contributed by atoms with Crippen molar-refractivity contribution in [2.45, 2.75) is 38.5 Å². The molecule has 0 aromatic heterocycles. The van der Waals surface area contributed by atoms with Crippen molar-refractivity contribution in [3.05, 3.63) is 29.3 Å². The average molecular weight is 272 g/mol. The van der Waals surface area contributed by atoms with Crippen LogP contribution in [0.2, 0.25) is 0 Å². The second-order valence-electron chi connectivity index (χ2n) is 6.24. The maximum absolute atomic E-state index is 12.5. The Hall–Kier alpha value is -1.51. The molecule has 1 aromatic carbocycles. The monoisotopic (exact) mass is 272 g/mol. The van der Waals surface area contributed by atoms with E-state index in [-0.39, 0.29) is 5.91 Å². The van der Waals surface area contributed by atoms with Gasteiger partial charge in [0.15, 0.2) is 0 Å². The molecule has 1 heterocycles. The Morgan fingerprint density at radius 3 is 2.90 bits per heavy atom. The van der Waals surface area contributed by atoms with Crippen LogP contribution in [0.5, 0.6) is 0 Å². The summed E-state index contributed by atoms with van der Waals surface area (Å²) in [5, 5.41) is 3.34. The van der Waals surface area contributed by atoms with Crippen LogP contribution in [0.25, 0.3) is 0 Å². The number of hydrogen-bond acceptors (Lipinski definition) is 2. The fraction of sp³-hybridized carbons (Fsp3) is 0.588.